The summed E-state index contributed by atoms with van der Waals surface area (Å²) in [6, 6.07) is 0. The van der Waals surface area contributed by atoms with Gasteiger partial charge in [0.1, 0.15) is 6.67 Å². The van der Waals surface area contributed by atoms with Crippen LogP contribution < -0.4 is 0 Å². The lowest BCUT2D eigenvalue weighted by atomic mass is 10.2. The van der Waals surface area contributed by atoms with Gasteiger partial charge in [-0.3, -0.25) is 0 Å². The molecule has 0 aliphatic heterocycles. The Labute approximate surface area is 62.6 Å². The maximum Gasteiger partial charge on any atom is 0.113 e. The Balaban J connectivity index is 2.65. The van der Waals surface area contributed by atoms with E-state index in [4.69, 9.17) is 4.74 Å². The standard InChI is InChI=1S/C8H17FO/c1-2-3-4-5-7-10-8-6-9/h2-8H2,1H3. The van der Waals surface area contributed by atoms with E-state index >= 15 is 0 Å². The molecule has 0 heterocycles. The quantitative estimate of drug-likeness (QED) is 0.504. The first-order valence-corrected chi connectivity index (χ1v) is 4.05. The van der Waals surface area contributed by atoms with Crippen LogP contribution in [0.2, 0.25) is 0 Å². The van der Waals surface area contributed by atoms with Crippen molar-refractivity contribution in [3.63, 3.8) is 0 Å². The van der Waals surface area contributed by atoms with Crippen LogP contribution in [0, 0.1) is 0 Å². The summed E-state index contributed by atoms with van der Waals surface area (Å²) in [6.45, 7) is 2.81. The lowest BCUT2D eigenvalue weighted by Crippen LogP contribution is -1.97. The van der Waals surface area contributed by atoms with E-state index in [2.05, 4.69) is 6.92 Å². The molecule has 0 aliphatic rings. The third-order valence-electron chi connectivity index (χ3n) is 1.36. The molecular weight excluding hydrogens is 131 g/mol. The molecule has 0 spiro atoms. The van der Waals surface area contributed by atoms with Gasteiger partial charge >= 0.3 is 0 Å². The zero-order chi connectivity index (χ0) is 7.66. The monoisotopic (exact) mass is 148 g/mol. The number of hydrogen-bond donors (Lipinski definition) is 0. The molecule has 0 aliphatic carbocycles. The van der Waals surface area contributed by atoms with Gasteiger partial charge in [0.2, 0.25) is 0 Å². The van der Waals surface area contributed by atoms with Crippen molar-refractivity contribution in [2.75, 3.05) is 19.9 Å². The summed E-state index contributed by atoms with van der Waals surface area (Å²) in [7, 11) is 0. The topological polar surface area (TPSA) is 9.23 Å². The van der Waals surface area contributed by atoms with Crippen LogP contribution in [-0.2, 0) is 4.74 Å². The average molecular weight is 148 g/mol. The Morgan fingerprint density at radius 1 is 1.10 bits per heavy atom. The van der Waals surface area contributed by atoms with Crippen molar-refractivity contribution < 1.29 is 9.13 Å². The van der Waals surface area contributed by atoms with E-state index in [-0.39, 0.29) is 13.3 Å². The third-order valence-corrected chi connectivity index (χ3v) is 1.36. The van der Waals surface area contributed by atoms with E-state index in [0.717, 1.165) is 13.0 Å². The Kier molecular flexibility index (Phi) is 8.79. The number of halogens is 1. The molecular formula is C8H17FO. The van der Waals surface area contributed by atoms with Crippen LogP contribution in [0.1, 0.15) is 32.6 Å². The van der Waals surface area contributed by atoms with Crippen LogP contribution in [0.4, 0.5) is 4.39 Å². The van der Waals surface area contributed by atoms with Crippen LogP contribution in [-0.4, -0.2) is 19.9 Å². The minimum absolute atomic E-state index is 0.270. The largest absolute Gasteiger partial charge is 0.379 e. The van der Waals surface area contributed by atoms with Gasteiger partial charge in [-0.05, 0) is 6.42 Å². The maximum atomic E-state index is 11.4. The molecule has 0 aromatic rings. The average Bonchev–Trinajstić information content (AvgIpc) is 1.97. The summed E-state index contributed by atoms with van der Waals surface area (Å²) < 4.78 is 16.4. The van der Waals surface area contributed by atoms with Crippen LogP contribution in [0.5, 0.6) is 0 Å². The fourth-order valence-electron chi connectivity index (χ4n) is 0.788. The van der Waals surface area contributed by atoms with Crippen LogP contribution in [0.3, 0.4) is 0 Å². The summed E-state index contributed by atoms with van der Waals surface area (Å²) in [5, 5.41) is 0. The molecule has 0 saturated heterocycles. The lowest BCUT2D eigenvalue weighted by Gasteiger charge is -1.99. The second-order valence-corrected chi connectivity index (χ2v) is 2.36. The second kappa shape index (κ2) is 8.89. The molecule has 0 rings (SSSR count). The van der Waals surface area contributed by atoms with E-state index < -0.39 is 0 Å². The molecule has 0 radical (unpaired) electrons. The number of ether oxygens (including phenoxy) is 1. The molecule has 62 valence electrons. The molecule has 1 nitrogen and oxygen atoms in total. The van der Waals surface area contributed by atoms with Crippen molar-refractivity contribution in [2.24, 2.45) is 0 Å². The van der Waals surface area contributed by atoms with Gasteiger partial charge in [0.15, 0.2) is 0 Å². The predicted molar refractivity (Wildman–Crippen MR) is 40.9 cm³/mol. The molecule has 0 bridgehead atoms. The van der Waals surface area contributed by atoms with Crippen LogP contribution in [0.25, 0.3) is 0 Å². The fraction of sp³-hybridized carbons (Fsp3) is 1.00. The van der Waals surface area contributed by atoms with Gasteiger partial charge in [-0.15, -0.1) is 0 Å². The van der Waals surface area contributed by atoms with Gasteiger partial charge in [-0.1, -0.05) is 26.2 Å². The zero-order valence-electron chi connectivity index (χ0n) is 6.74. The van der Waals surface area contributed by atoms with Crippen molar-refractivity contribution in [2.45, 2.75) is 32.6 Å². The summed E-state index contributed by atoms with van der Waals surface area (Å²) in [5.74, 6) is 0. The molecule has 0 atom stereocenters. The Hall–Kier alpha value is -0.110. The summed E-state index contributed by atoms with van der Waals surface area (Å²) in [6.07, 6.45) is 4.79. The first-order chi connectivity index (χ1) is 4.91. The zero-order valence-corrected chi connectivity index (χ0v) is 6.74. The number of rotatable bonds is 7. The first kappa shape index (κ1) is 9.89. The molecule has 0 aromatic heterocycles. The Bertz CT molecular complexity index is 49.2. The fourth-order valence-corrected chi connectivity index (χ4v) is 0.788. The third kappa shape index (κ3) is 7.89. The second-order valence-electron chi connectivity index (χ2n) is 2.36. The Morgan fingerprint density at radius 2 is 1.90 bits per heavy atom. The Morgan fingerprint density at radius 3 is 2.50 bits per heavy atom. The highest BCUT2D eigenvalue weighted by molar-refractivity contribution is 4.38. The maximum absolute atomic E-state index is 11.4. The lowest BCUT2D eigenvalue weighted by molar-refractivity contribution is 0.115. The number of alkyl halides is 1. The van der Waals surface area contributed by atoms with E-state index in [0.29, 0.717) is 0 Å². The van der Waals surface area contributed by atoms with Gasteiger partial charge in [0, 0.05) is 6.61 Å². The molecule has 0 fully saturated rings. The highest BCUT2D eigenvalue weighted by atomic mass is 19.1. The molecule has 0 aromatic carbocycles. The minimum Gasteiger partial charge on any atom is -0.379 e. The summed E-state index contributed by atoms with van der Waals surface area (Å²) >= 11 is 0. The smallest absolute Gasteiger partial charge is 0.113 e. The van der Waals surface area contributed by atoms with Crippen molar-refractivity contribution in [3.05, 3.63) is 0 Å². The van der Waals surface area contributed by atoms with Gasteiger partial charge in [0.25, 0.3) is 0 Å². The van der Waals surface area contributed by atoms with Gasteiger partial charge < -0.3 is 4.74 Å². The SMILES string of the molecule is CCCCCCOCCF. The molecule has 0 amide bonds. The highest BCUT2D eigenvalue weighted by Gasteiger charge is 1.87. The summed E-state index contributed by atoms with van der Waals surface area (Å²) in [4.78, 5) is 0. The highest BCUT2D eigenvalue weighted by Crippen LogP contribution is 1.98. The minimum atomic E-state index is -0.353. The number of unbranched alkanes of at least 4 members (excludes halogenated alkanes) is 3. The van der Waals surface area contributed by atoms with E-state index in [9.17, 15) is 4.39 Å². The van der Waals surface area contributed by atoms with E-state index in [1.165, 1.54) is 19.3 Å². The van der Waals surface area contributed by atoms with Crippen molar-refractivity contribution in [3.8, 4) is 0 Å². The molecule has 0 unspecified atom stereocenters. The predicted octanol–water partition coefficient (Wildman–Crippen LogP) is 2.55. The van der Waals surface area contributed by atoms with Crippen molar-refractivity contribution >= 4 is 0 Å². The molecule has 0 N–H and O–H groups in total. The van der Waals surface area contributed by atoms with Crippen LogP contribution >= 0.6 is 0 Å². The molecule has 10 heavy (non-hydrogen) atoms. The number of hydrogen-bond acceptors (Lipinski definition) is 1. The van der Waals surface area contributed by atoms with Crippen molar-refractivity contribution in [1.29, 1.82) is 0 Å². The van der Waals surface area contributed by atoms with Gasteiger partial charge in [0.05, 0.1) is 6.61 Å². The van der Waals surface area contributed by atoms with E-state index in [1.807, 2.05) is 0 Å². The van der Waals surface area contributed by atoms with Gasteiger partial charge in [-0.2, -0.15) is 0 Å². The van der Waals surface area contributed by atoms with Gasteiger partial charge in [-0.25, -0.2) is 4.39 Å². The molecule has 0 saturated carbocycles. The summed E-state index contributed by atoms with van der Waals surface area (Å²) in [5.41, 5.74) is 0. The van der Waals surface area contributed by atoms with Crippen LogP contribution in [0.15, 0.2) is 0 Å². The van der Waals surface area contributed by atoms with Crippen molar-refractivity contribution in [1.82, 2.24) is 0 Å². The van der Waals surface area contributed by atoms with E-state index in [1.54, 1.807) is 0 Å². The first-order valence-electron chi connectivity index (χ1n) is 4.05. The molecule has 2 heteroatoms. The normalized spacial score (nSPS) is 10.2.